The SMILES string of the molecule is COCCN(CC(O)COC(C)C)C(C)COC. The van der Waals surface area contributed by atoms with E-state index < -0.39 is 6.10 Å². The largest absolute Gasteiger partial charge is 0.389 e. The molecule has 0 aromatic heterocycles. The van der Waals surface area contributed by atoms with E-state index in [9.17, 15) is 5.11 Å². The summed E-state index contributed by atoms with van der Waals surface area (Å²) in [5, 5.41) is 9.94. The lowest BCUT2D eigenvalue weighted by Gasteiger charge is -2.30. The van der Waals surface area contributed by atoms with E-state index in [1.54, 1.807) is 14.2 Å². The lowest BCUT2D eigenvalue weighted by Crippen LogP contribution is -2.44. The second-order valence-electron chi connectivity index (χ2n) is 4.83. The number of nitrogens with zero attached hydrogens (tertiary/aromatic N) is 1. The summed E-state index contributed by atoms with van der Waals surface area (Å²) < 4.78 is 15.6. The Balaban J connectivity index is 4.11. The van der Waals surface area contributed by atoms with Gasteiger partial charge < -0.3 is 19.3 Å². The Morgan fingerprint density at radius 3 is 2.22 bits per heavy atom. The molecular weight excluding hydrogens is 234 g/mol. The maximum atomic E-state index is 9.94. The molecule has 0 saturated heterocycles. The average Bonchev–Trinajstić information content (AvgIpc) is 2.32. The first kappa shape index (κ1) is 17.8. The van der Waals surface area contributed by atoms with E-state index in [0.29, 0.717) is 26.4 Å². The molecule has 0 rings (SSSR count). The van der Waals surface area contributed by atoms with E-state index >= 15 is 0 Å². The Kier molecular flexibility index (Phi) is 10.6. The van der Waals surface area contributed by atoms with Gasteiger partial charge in [-0.15, -0.1) is 0 Å². The molecule has 0 aliphatic rings. The molecule has 0 aliphatic heterocycles. The lowest BCUT2D eigenvalue weighted by molar-refractivity contribution is -0.0223. The Morgan fingerprint density at radius 2 is 1.72 bits per heavy atom. The molecule has 5 nitrogen and oxygen atoms in total. The summed E-state index contributed by atoms with van der Waals surface area (Å²) in [7, 11) is 3.36. The third-order valence-corrected chi connectivity index (χ3v) is 2.68. The molecular formula is C13H29NO4. The quantitative estimate of drug-likeness (QED) is 0.596. The second-order valence-corrected chi connectivity index (χ2v) is 4.83. The molecule has 110 valence electrons. The highest BCUT2D eigenvalue weighted by atomic mass is 16.5. The fraction of sp³-hybridized carbons (Fsp3) is 1.00. The average molecular weight is 263 g/mol. The van der Waals surface area contributed by atoms with Gasteiger partial charge in [0.25, 0.3) is 0 Å². The Labute approximate surface area is 111 Å². The van der Waals surface area contributed by atoms with E-state index in [4.69, 9.17) is 14.2 Å². The van der Waals surface area contributed by atoms with Gasteiger partial charge in [-0.25, -0.2) is 0 Å². The van der Waals surface area contributed by atoms with Crippen molar-refractivity contribution in [3.05, 3.63) is 0 Å². The van der Waals surface area contributed by atoms with Gasteiger partial charge in [-0.2, -0.15) is 0 Å². The van der Waals surface area contributed by atoms with Crippen LogP contribution in [0.1, 0.15) is 20.8 Å². The van der Waals surface area contributed by atoms with Crippen LogP contribution in [0.2, 0.25) is 0 Å². The minimum Gasteiger partial charge on any atom is -0.389 e. The lowest BCUT2D eigenvalue weighted by atomic mass is 10.2. The summed E-state index contributed by atoms with van der Waals surface area (Å²) in [6.45, 7) is 9.00. The maximum absolute atomic E-state index is 9.94. The topological polar surface area (TPSA) is 51.2 Å². The molecule has 0 aliphatic carbocycles. The zero-order valence-electron chi connectivity index (χ0n) is 12.4. The molecule has 0 bridgehead atoms. The van der Waals surface area contributed by atoms with Crippen LogP contribution in [0, 0.1) is 0 Å². The molecule has 2 unspecified atom stereocenters. The van der Waals surface area contributed by atoms with E-state index in [0.717, 1.165) is 6.54 Å². The predicted molar refractivity (Wildman–Crippen MR) is 71.9 cm³/mol. The van der Waals surface area contributed by atoms with Crippen LogP contribution in [0.5, 0.6) is 0 Å². The van der Waals surface area contributed by atoms with Gasteiger partial charge >= 0.3 is 0 Å². The van der Waals surface area contributed by atoms with Gasteiger partial charge in [0.05, 0.1) is 32.0 Å². The molecule has 5 heteroatoms. The normalized spacial score (nSPS) is 15.3. The highest BCUT2D eigenvalue weighted by molar-refractivity contribution is 4.71. The van der Waals surface area contributed by atoms with Crippen LogP contribution in [-0.4, -0.2) is 75.4 Å². The summed E-state index contributed by atoms with van der Waals surface area (Å²) in [4.78, 5) is 2.15. The zero-order valence-corrected chi connectivity index (χ0v) is 12.4. The van der Waals surface area contributed by atoms with Gasteiger partial charge in [0.1, 0.15) is 0 Å². The minimum absolute atomic E-state index is 0.142. The van der Waals surface area contributed by atoms with Crippen molar-refractivity contribution in [2.45, 2.75) is 39.0 Å². The first-order valence-electron chi connectivity index (χ1n) is 6.52. The predicted octanol–water partition coefficient (Wildman–Crippen LogP) is 0.756. The van der Waals surface area contributed by atoms with Crippen molar-refractivity contribution in [3.63, 3.8) is 0 Å². The van der Waals surface area contributed by atoms with Gasteiger partial charge in [0, 0.05) is 33.4 Å². The number of methoxy groups -OCH3 is 2. The summed E-state index contributed by atoms with van der Waals surface area (Å²) in [6, 6.07) is 0.249. The van der Waals surface area contributed by atoms with Crippen LogP contribution in [0.3, 0.4) is 0 Å². The highest BCUT2D eigenvalue weighted by Gasteiger charge is 2.17. The van der Waals surface area contributed by atoms with Crippen LogP contribution >= 0.6 is 0 Å². The third-order valence-electron chi connectivity index (χ3n) is 2.68. The highest BCUT2D eigenvalue weighted by Crippen LogP contribution is 2.03. The summed E-state index contributed by atoms with van der Waals surface area (Å²) in [5.41, 5.74) is 0. The number of hydrogen-bond acceptors (Lipinski definition) is 5. The van der Waals surface area contributed by atoms with Crippen LogP contribution < -0.4 is 0 Å². The Bertz CT molecular complexity index is 190. The maximum Gasteiger partial charge on any atom is 0.0900 e. The number of hydrogen-bond donors (Lipinski definition) is 1. The molecule has 0 spiro atoms. The molecule has 0 aromatic rings. The van der Waals surface area contributed by atoms with Crippen LogP contribution in [0.15, 0.2) is 0 Å². The van der Waals surface area contributed by atoms with Crippen molar-refractivity contribution in [2.24, 2.45) is 0 Å². The summed E-state index contributed by atoms with van der Waals surface area (Å²) >= 11 is 0. The van der Waals surface area contributed by atoms with Crippen molar-refractivity contribution in [1.29, 1.82) is 0 Å². The molecule has 0 saturated carbocycles. The van der Waals surface area contributed by atoms with Gasteiger partial charge in [-0.3, -0.25) is 4.90 Å². The fourth-order valence-corrected chi connectivity index (χ4v) is 1.67. The molecule has 1 N–H and O–H groups in total. The van der Waals surface area contributed by atoms with E-state index in [2.05, 4.69) is 11.8 Å². The second kappa shape index (κ2) is 10.7. The Hall–Kier alpha value is -0.200. The molecule has 18 heavy (non-hydrogen) atoms. The van der Waals surface area contributed by atoms with E-state index in [1.165, 1.54) is 0 Å². The van der Waals surface area contributed by atoms with E-state index in [-0.39, 0.29) is 12.1 Å². The minimum atomic E-state index is -0.483. The number of rotatable bonds is 11. The Morgan fingerprint density at radius 1 is 1.06 bits per heavy atom. The molecule has 0 amide bonds. The first-order chi connectivity index (χ1) is 8.51. The summed E-state index contributed by atoms with van der Waals surface area (Å²) in [6.07, 6.45) is -0.341. The molecule has 0 radical (unpaired) electrons. The molecule has 0 fully saturated rings. The standard InChI is InChI=1S/C13H29NO4/c1-11(2)18-10-13(15)8-14(6-7-16-4)12(3)9-17-5/h11-13,15H,6-10H2,1-5H3. The molecule has 2 atom stereocenters. The molecule has 0 aromatic carbocycles. The molecule has 0 heterocycles. The van der Waals surface area contributed by atoms with Crippen molar-refractivity contribution >= 4 is 0 Å². The van der Waals surface area contributed by atoms with Gasteiger partial charge in [0.15, 0.2) is 0 Å². The summed E-state index contributed by atoms with van der Waals surface area (Å²) in [5.74, 6) is 0. The third kappa shape index (κ3) is 8.83. The van der Waals surface area contributed by atoms with Crippen LogP contribution in [0.4, 0.5) is 0 Å². The number of ether oxygens (including phenoxy) is 3. The van der Waals surface area contributed by atoms with Crippen LogP contribution in [0.25, 0.3) is 0 Å². The van der Waals surface area contributed by atoms with Crippen LogP contribution in [-0.2, 0) is 14.2 Å². The number of aliphatic hydroxyl groups excluding tert-OH is 1. The van der Waals surface area contributed by atoms with Crippen molar-refractivity contribution in [3.8, 4) is 0 Å². The van der Waals surface area contributed by atoms with Crippen molar-refractivity contribution in [2.75, 3.05) is 47.1 Å². The smallest absolute Gasteiger partial charge is 0.0900 e. The van der Waals surface area contributed by atoms with E-state index in [1.807, 2.05) is 13.8 Å². The zero-order chi connectivity index (χ0) is 14.0. The van der Waals surface area contributed by atoms with Gasteiger partial charge in [-0.05, 0) is 20.8 Å². The van der Waals surface area contributed by atoms with Gasteiger partial charge in [0.2, 0.25) is 0 Å². The number of aliphatic hydroxyl groups is 1. The van der Waals surface area contributed by atoms with Gasteiger partial charge in [-0.1, -0.05) is 0 Å². The fourth-order valence-electron chi connectivity index (χ4n) is 1.67. The first-order valence-corrected chi connectivity index (χ1v) is 6.52. The van der Waals surface area contributed by atoms with Crippen molar-refractivity contribution in [1.82, 2.24) is 4.90 Å². The monoisotopic (exact) mass is 263 g/mol. The van der Waals surface area contributed by atoms with Crippen molar-refractivity contribution < 1.29 is 19.3 Å².